The quantitative estimate of drug-likeness (QED) is 0.814. The van der Waals surface area contributed by atoms with Gasteiger partial charge in [0.05, 0.1) is 25.8 Å². The molecule has 1 aliphatic heterocycles. The van der Waals surface area contributed by atoms with E-state index in [1.807, 2.05) is 0 Å². The number of Topliss-reactive ketones (excluding diaryl/α,β-unsaturated/α-hetero) is 1. The average molecular weight is 317 g/mol. The predicted molar refractivity (Wildman–Crippen MR) is 84.5 cm³/mol. The van der Waals surface area contributed by atoms with Gasteiger partial charge in [0.15, 0.2) is 11.5 Å². The highest BCUT2D eigenvalue weighted by atomic mass is 16.5. The summed E-state index contributed by atoms with van der Waals surface area (Å²) >= 11 is 0. The lowest BCUT2D eigenvalue weighted by atomic mass is 9.95. The Morgan fingerprint density at radius 2 is 2.09 bits per heavy atom. The van der Waals surface area contributed by atoms with Crippen LogP contribution in [-0.2, 0) is 9.59 Å². The van der Waals surface area contributed by atoms with Crippen LogP contribution in [0.3, 0.4) is 0 Å². The first-order valence-electron chi connectivity index (χ1n) is 7.04. The molecule has 0 saturated heterocycles. The Morgan fingerprint density at radius 1 is 1.39 bits per heavy atom. The lowest BCUT2D eigenvalue weighted by molar-refractivity contribution is -0.128. The van der Waals surface area contributed by atoms with Gasteiger partial charge in [-0.1, -0.05) is 6.08 Å². The number of hydrogen-bond donors (Lipinski definition) is 1. The van der Waals surface area contributed by atoms with Crippen molar-refractivity contribution in [2.75, 3.05) is 20.8 Å². The van der Waals surface area contributed by atoms with E-state index in [9.17, 15) is 14.7 Å². The first-order chi connectivity index (χ1) is 11.0. The molecule has 23 heavy (non-hydrogen) atoms. The number of amides is 1. The van der Waals surface area contributed by atoms with E-state index in [0.717, 1.165) is 0 Å². The van der Waals surface area contributed by atoms with Gasteiger partial charge in [-0.15, -0.1) is 6.58 Å². The van der Waals surface area contributed by atoms with Crippen molar-refractivity contribution in [2.45, 2.75) is 13.0 Å². The molecule has 1 amide bonds. The predicted octanol–water partition coefficient (Wildman–Crippen LogP) is 2.17. The molecule has 0 unspecified atom stereocenters. The minimum absolute atomic E-state index is 0.0558. The fourth-order valence-corrected chi connectivity index (χ4v) is 2.71. The van der Waals surface area contributed by atoms with Crippen molar-refractivity contribution < 1.29 is 24.2 Å². The molecule has 1 aromatic carbocycles. The van der Waals surface area contributed by atoms with Crippen LogP contribution in [0.15, 0.2) is 42.2 Å². The molecular weight excluding hydrogens is 298 g/mol. The number of nitrogens with zero attached hydrogens (tertiary/aromatic N) is 1. The van der Waals surface area contributed by atoms with Gasteiger partial charge in [-0.3, -0.25) is 9.59 Å². The maximum atomic E-state index is 12.3. The van der Waals surface area contributed by atoms with Crippen LogP contribution in [0.1, 0.15) is 18.5 Å². The van der Waals surface area contributed by atoms with Crippen LogP contribution in [0.25, 0.3) is 0 Å². The number of carbonyl (C=O) groups excluding carboxylic acids is 2. The highest BCUT2D eigenvalue weighted by molar-refractivity contribution is 6.08. The summed E-state index contributed by atoms with van der Waals surface area (Å²) in [5.74, 6) is -0.446. The summed E-state index contributed by atoms with van der Waals surface area (Å²) < 4.78 is 10.5. The zero-order chi connectivity index (χ0) is 17.1. The Bertz CT molecular complexity index is 692. The standard InChI is InChI=1S/C17H19NO5/c1-5-8-18-15(14(10(2)19)16(20)17(18)21)12-7-6-11(22-3)9-13(12)23-4/h5-7,9,15,20H,1,8H2,2-4H3/t15-/m1/s1. The van der Waals surface area contributed by atoms with Crippen LogP contribution in [0.4, 0.5) is 0 Å². The van der Waals surface area contributed by atoms with E-state index in [4.69, 9.17) is 9.47 Å². The van der Waals surface area contributed by atoms with Crippen LogP contribution in [0, 0.1) is 0 Å². The van der Waals surface area contributed by atoms with Gasteiger partial charge in [-0.05, 0) is 19.1 Å². The molecule has 0 saturated carbocycles. The zero-order valence-corrected chi connectivity index (χ0v) is 13.3. The van der Waals surface area contributed by atoms with Gasteiger partial charge in [-0.25, -0.2) is 0 Å². The number of methoxy groups -OCH3 is 2. The molecule has 1 N–H and O–H groups in total. The summed E-state index contributed by atoms with van der Waals surface area (Å²) in [4.78, 5) is 25.6. The van der Waals surface area contributed by atoms with Crippen molar-refractivity contribution in [1.29, 1.82) is 0 Å². The number of ketones is 1. The van der Waals surface area contributed by atoms with E-state index in [1.165, 1.54) is 32.1 Å². The number of ether oxygens (including phenoxy) is 2. The second-order valence-corrected chi connectivity index (χ2v) is 5.08. The fraction of sp³-hybridized carbons (Fsp3) is 0.294. The summed E-state index contributed by atoms with van der Waals surface area (Å²) in [6.45, 7) is 5.13. The van der Waals surface area contributed by atoms with Crippen molar-refractivity contribution in [3.63, 3.8) is 0 Å². The van der Waals surface area contributed by atoms with Gasteiger partial charge in [0.25, 0.3) is 5.91 Å². The first-order valence-corrected chi connectivity index (χ1v) is 7.04. The van der Waals surface area contributed by atoms with E-state index >= 15 is 0 Å². The topological polar surface area (TPSA) is 76.1 Å². The van der Waals surface area contributed by atoms with E-state index < -0.39 is 17.7 Å². The molecule has 0 bridgehead atoms. The Hall–Kier alpha value is -2.76. The third-order valence-electron chi connectivity index (χ3n) is 3.74. The Balaban J connectivity index is 2.63. The number of aliphatic hydroxyl groups excluding tert-OH is 1. The fourth-order valence-electron chi connectivity index (χ4n) is 2.71. The van der Waals surface area contributed by atoms with Crippen LogP contribution in [-0.4, -0.2) is 42.5 Å². The largest absolute Gasteiger partial charge is 0.503 e. The van der Waals surface area contributed by atoms with E-state index in [1.54, 1.807) is 18.2 Å². The first kappa shape index (κ1) is 16.6. The normalized spacial score (nSPS) is 17.4. The molecule has 0 aromatic heterocycles. The Kier molecular flexibility index (Phi) is 4.74. The molecule has 0 fully saturated rings. The van der Waals surface area contributed by atoms with E-state index in [-0.39, 0.29) is 17.9 Å². The van der Waals surface area contributed by atoms with Gasteiger partial charge in [0.2, 0.25) is 0 Å². The molecule has 6 heteroatoms. The van der Waals surface area contributed by atoms with Crippen molar-refractivity contribution in [2.24, 2.45) is 0 Å². The maximum Gasteiger partial charge on any atom is 0.290 e. The Labute approximate surface area is 134 Å². The Morgan fingerprint density at radius 3 is 2.61 bits per heavy atom. The summed E-state index contributed by atoms with van der Waals surface area (Å²) in [6.07, 6.45) is 1.54. The van der Waals surface area contributed by atoms with Gasteiger partial charge < -0.3 is 19.5 Å². The summed E-state index contributed by atoms with van der Waals surface area (Å²) in [5, 5.41) is 10.1. The minimum Gasteiger partial charge on any atom is -0.503 e. The molecule has 1 atom stereocenters. The number of rotatable bonds is 6. The van der Waals surface area contributed by atoms with Crippen LogP contribution < -0.4 is 9.47 Å². The van der Waals surface area contributed by atoms with Crippen molar-refractivity contribution >= 4 is 11.7 Å². The minimum atomic E-state index is -0.723. The van der Waals surface area contributed by atoms with Crippen LogP contribution in [0.5, 0.6) is 11.5 Å². The molecule has 122 valence electrons. The lowest BCUT2D eigenvalue weighted by Gasteiger charge is -2.26. The van der Waals surface area contributed by atoms with Gasteiger partial charge in [0, 0.05) is 18.2 Å². The van der Waals surface area contributed by atoms with Crippen LogP contribution in [0.2, 0.25) is 0 Å². The molecular formula is C17H19NO5. The molecule has 0 aliphatic carbocycles. The number of benzene rings is 1. The highest BCUT2D eigenvalue weighted by Gasteiger charge is 2.42. The molecule has 1 aliphatic rings. The van der Waals surface area contributed by atoms with Crippen LogP contribution >= 0.6 is 0 Å². The number of aliphatic hydroxyl groups is 1. The third-order valence-corrected chi connectivity index (χ3v) is 3.74. The summed E-state index contributed by atoms with van der Waals surface area (Å²) in [7, 11) is 3.02. The average Bonchev–Trinajstić information content (AvgIpc) is 2.79. The van der Waals surface area contributed by atoms with Crippen molar-refractivity contribution in [3.05, 3.63) is 47.7 Å². The summed E-state index contributed by atoms with van der Waals surface area (Å²) in [6, 6.07) is 4.37. The third kappa shape index (κ3) is 2.79. The SMILES string of the molecule is C=CCN1C(=O)C(O)=C(C(C)=O)[C@H]1c1ccc(OC)cc1OC. The molecule has 1 heterocycles. The van der Waals surface area contributed by atoms with Gasteiger partial charge in [-0.2, -0.15) is 0 Å². The molecule has 2 rings (SSSR count). The monoisotopic (exact) mass is 317 g/mol. The second kappa shape index (κ2) is 6.56. The second-order valence-electron chi connectivity index (χ2n) is 5.08. The van der Waals surface area contributed by atoms with Crippen molar-refractivity contribution in [1.82, 2.24) is 4.90 Å². The van der Waals surface area contributed by atoms with Crippen molar-refractivity contribution in [3.8, 4) is 11.5 Å². The maximum absolute atomic E-state index is 12.3. The van der Waals surface area contributed by atoms with Gasteiger partial charge >= 0.3 is 0 Å². The zero-order valence-electron chi connectivity index (χ0n) is 13.3. The van der Waals surface area contributed by atoms with E-state index in [0.29, 0.717) is 17.1 Å². The smallest absolute Gasteiger partial charge is 0.290 e. The lowest BCUT2D eigenvalue weighted by Crippen LogP contribution is -2.31. The molecule has 6 nitrogen and oxygen atoms in total. The molecule has 0 spiro atoms. The number of carbonyl (C=O) groups is 2. The van der Waals surface area contributed by atoms with Gasteiger partial charge in [0.1, 0.15) is 11.5 Å². The number of hydrogen-bond acceptors (Lipinski definition) is 5. The summed E-state index contributed by atoms with van der Waals surface area (Å²) in [5.41, 5.74) is 0.651. The molecule has 1 aromatic rings. The molecule has 0 radical (unpaired) electrons. The van der Waals surface area contributed by atoms with E-state index in [2.05, 4.69) is 6.58 Å². The highest BCUT2D eigenvalue weighted by Crippen LogP contribution is 2.42.